The van der Waals surface area contributed by atoms with Crippen molar-refractivity contribution in [3.63, 3.8) is 0 Å². The van der Waals surface area contributed by atoms with E-state index in [0.717, 1.165) is 25.1 Å². The molecule has 1 aliphatic heterocycles. The molecule has 3 heterocycles. The summed E-state index contributed by atoms with van der Waals surface area (Å²) < 4.78 is 20.3. The molecule has 3 aromatic rings. The van der Waals surface area contributed by atoms with Crippen LogP contribution in [0.5, 0.6) is 0 Å². The number of halogens is 1. The summed E-state index contributed by atoms with van der Waals surface area (Å²) in [6, 6.07) is 9.47. The van der Waals surface area contributed by atoms with E-state index >= 15 is 0 Å². The molecule has 26 heavy (non-hydrogen) atoms. The van der Waals surface area contributed by atoms with Crippen molar-refractivity contribution in [1.82, 2.24) is 19.8 Å². The highest BCUT2D eigenvalue weighted by Crippen LogP contribution is 2.33. The average molecular weight is 354 g/mol. The highest BCUT2D eigenvalue weighted by molar-refractivity contribution is 5.93. The van der Waals surface area contributed by atoms with Gasteiger partial charge in [0.1, 0.15) is 5.82 Å². The van der Waals surface area contributed by atoms with Crippen molar-refractivity contribution in [2.45, 2.75) is 32.4 Å². The average Bonchev–Trinajstić information content (AvgIpc) is 3.40. The van der Waals surface area contributed by atoms with Gasteiger partial charge in [0, 0.05) is 30.9 Å². The molecule has 134 valence electrons. The van der Waals surface area contributed by atoms with Gasteiger partial charge in [-0.3, -0.25) is 9.48 Å². The summed E-state index contributed by atoms with van der Waals surface area (Å²) in [5.41, 5.74) is 1.99. The Hall–Kier alpha value is -2.96. The zero-order valence-corrected chi connectivity index (χ0v) is 14.4. The number of hydrogen-bond donors (Lipinski definition) is 0. The van der Waals surface area contributed by atoms with Gasteiger partial charge < -0.3 is 9.42 Å². The molecular weight excluding hydrogens is 335 g/mol. The number of rotatable bonds is 4. The minimum absolute atomic E-state index is 0.00378. The third kappa shape index (κ3) is 2.89. The molecule has 0 bridgehead atoms. The number of hydrogen-bond acceptors (Lipinski definition) is 4. The summed E-state index contributed by atoms with van der Waals surface area (Å²) in [7, 11) is 0. The molecule has 4 rings (SSSR count). The van der Waals surface area contributed by atoms with Crippen LogP contribution in [0.15, 0.2) is 47.1 Å². The summed E-state index contributed by atoms with van der Waals surface area (Å²) >= 11 is 0. The van der Waals surface area contributed by atoms with Crippen LogP contribution in [0, 0.1) is 5.82 Å². The summed E-state index contributed by atoms with van der Waals surface area (Å²) in [5, 5.41) is 8.25. The van der Waals surface area contributed by atoms with Crippen LogP contribution in [0.1, 0.15) is 42.0 Å². The molecule has 0 radical (unpaired) electrons. The lowest BCUT2D eigenvalue weighted by Crippen LogP contribution is -2.32. The molecule has 1 saturated heterocycles. The van der Waals surface area contributed by atoms with Gasteiger partial charge in [-0.1, -0.05) is 5.16 Å². The maximum Gasteiger partial charge on any atom is 0.276 e. The van der Waals surface area contributed by atoms with Crippen molar-refractivity contribution in [1.29, 1.82) is 0 Å². The van der Waals surface area contributed by atoms with Gasteiger partial charge in [-0.25, -0.2) is 4.39 Å². The highest BCUT2D eigenvalue weighted by atomic mass is 19.1. The number of amides is 1. The van der Waals surface area contributed by atoms with Gasteiger partial charge in [0.2, 0.25) is 0 Å². The fraction of sp³-hybridized carbons (Fsp3) is 0.316. The molecular formula is C19H19FN4O2. The summed E-state index contributed by atoms with van der Waals surface area (Å²) in [6.45, 7) is 3.47. The van der Waals surface area contributed by atoms with E-state index in [4.69, 9.17) is 4.52 Å². The standard InChI is InChI=1S/C19H19FN4O2/c1-2-24-17(9-10-21-24)16-4-3-11-23(16)19(25)15-12-18(26-22-15)13-5-7-14(20)8-6-13/h5-10,12,16H,2-4,11H2,1H3/t16-/m0/s1. The van der Waals surface area contributed by atoms with Crippen molar-refractivity contribution < 1.29 is 13.7 Å². The first-order valence-corrected chi connectivity index (χ1v) is 8.72. The number of aryl methyl sites for hydroxylation is 1. The van der Waals surface area contributed by atoms with E-state index in [9.17, 15) is 9.18 Å². The number of likely N-dealkylation sites (tertiary alicyclic amines) is 1. The number of carbonyl (C=O) groups is 1. The molecule has 0 aliphatic carbocycles. The van der Waals surface area contributed by atoms with Crippen LogP contribution in [0.2, 0.25) is 0 Å². The van der Waals surface area contributed by atoms with Gasteiger partial charge in [0.05, 0.1) is 11.7 Å². The first kappa shape index (κ1) is 16.5. The first-order valence-electron chi connectivity index (χ1n) is 8.72. The Morgan fingerprint density at radius 1 is 1.31 bits per heavy atom. The maximum atomic E-state index is 13.1. The summed E-state index contributed by atoms with van der Waals surface area (Å²) in [5.74, 6) is -0.0341. The van der Waals surface area contributed by atoms with Crippen molar-refractivity contribution >= 4 is 5.91 Å². The van der Waals surface area contributed by atoms with Gasteiger partial charge in [-0.15, -0.1) is 0 Å². The van der Waals surface area contributed by atoms with Crippen molar-refractivity contribution in [3.8, 4) is 11.3 Å². The predicted molar refractivity (Wildman–Crippen MR) is 92.8 cm³/mol. The third-order valence-electron chi connectivity index (χ3n) is 4.76. The molecule has 0 spiro atoms. The Morgan fingerprint density at radius 3 is 2.88 bits per heavy atom. The zero-order valence-electron chi connectivity index (χ0n) is 14.4. The lowest BCUT2D eigenvalue weighted by Gasteiger charge is -2.24. The summed E-state index contributed by atoms with van der Waals surface area (Å²) in [4.78, 5) is 14.8. The van der Waals surface area contributed by atoms with Gasteiger partial charge in [0.25, 0.3) is 5.91 Å². The zero-order chi connectivity index (χ0) is 18.1. The van der Waals surface area contributed by atoms with Crippen LogP contribution in [-0.2, 0) is 6.54 Å². The Kier molecular flexibility index (Phi) is 4.28. The molecule has 1 fully saturated rings. The second-order valence-electron chi connectivity index (χ2n) is 6.31. The Labute approximate surface area is 150 Å². The lowest BCUT2D eigenvalue weighted by molar-refractivity contribution is 0.0719. The van der Waals surface area contributed by atoms with Crippen LogP contribution in [-0.4, -0.2) is 32.3 Å². The first-order chi connectivity index (χ1) is 12.7. The van der Waals surface area contributed by atoms with E-state index in [1.807, 2.05) is 22.6 Å². The monoisotopic (exact) mass is 354 g/mol. The van der Waals surface area contributed by atoms with E-state index in [-0.39, 0.29) is 23.5 Å². The molecule has 1 aliphatic rings. The minimum Gasteiger partial charge on any atom is -0.355 e. The van der Waals surface area contributed by atoms with Crippen molar-refractivity contribution in [2.24, 2.45) is 0 Å². The van der Waals surface area contributed by atoms with Crippen LogP contribution in [0.25, 0.3) is 11.3 Å². The molecule has 0 unspecified atom stereocenters. The van der Waals surface area contributed by atoms with E-state index in [2.05, 4.69) is 10.3 Å². The largest absolute Gasteiger partial charge is 0.355 e. The number of nitrogens with zero attached hydrogens (tertiary/aromatic N) is 4. The van der Waals surface area contributed by atoms with E-state index in [1.165, 1.54) is 12.1 Å². The second kappa shape index (κ2) is 6.74. The van der Waals surface area contributed by atoms with Crippen LogP contribution in [0.3, 0.4) is 0 Å². The molecule has 6 nitrogen and oxygen atoms in total. The smallest absolute Gasteiger partial charge is 0.276 e. The van der Waals surface area contributed by atoms with Crippen LogP contribution < -0.4 is 0 Å². The lowest BCUT2D eigenvalue weighted by atomic mass is 10.1. The van der Waals surface area contributed by atoms with Gasteiger partial charge in [-0.05, 0) is 50.1 Å². The topological polar surface area (TPSA) is 64.2 Å². The number of aromatic nitrogens is 3. The van der Waals surface area contributed by atoms with Crippen LogP contribution >= 0.6 is 0 Å². The fourth-order valence-electron chi connectivity index (χ4n) is 3.48. The quantitative estimate of drug-likeness (QED) is 0.717. The molecule has 1 aromatic carbocycles. The normalized spacial score (nSPS) is 17.0. The molecule has 7 heteroatoms. The number of carbonyl (C=O) groups excluding carboxylic acids is 1. The Morgan fingerprint density at radius 2 is 2.12 bits per heavy atom. The Balaban J connectivity index is 1.58. The fourth-order valence-corrected chi connectivity index (χ4v) is 3.48. The maximum absolute atomic E-state index is 13.1. The molecule has 1 atom stereocenters. The van der Waals surface area contributed by atoms with E-state index in [0.29, 0.717) is 17.9 Å². The third-order valence-corrected chi connectivity index (χ3v) is 4.76. The predicted octanol–water partition coefficient (Wildman–Crippen LogP) is 3.67. The second-order valence-corrected chi connectivity index (χ2v) is 6.31. The van der Waals surface area contributed by atoms with Gasteiger partial charge in [0.15, 0.2) is 11.5 Å². The molecule has 0 N–H and O–H groups in total. The Bertz CT molecular complexity index is 916. The molecule has 0 saturated carbocycles. The highest BCUT2D eigenvalue weighted by Gasteiger charge is 2.33. The molecule has 2 aromatic heterocycles. The summed E-state index contributed by atoms with van der Waals surface area (Å²) in [6.07, 6.45) is 3.61. The number of benzene rings is 1. The molecule has 1 amide bonds. The minimum atomic E-state index is -0.322. The van der Waals surface area contributed by atoms with Crippen molar-refractivity contribution in [3.05, 3.63) is 59.8 Å². The van der Waals surface area contributed by atoms with Crippen LogP contribution in [0.4, 0.5) is 4.39 Å². The van der Waals surface area contributed by atoms with E-state index in [1.54, 1.807) is 24.4 Å². The SMILES string of the molecule is CCn1nccc1[C@@H]1CCCN1C(=O)c1cc(-c2ccc(F)cc2)on1. The van der Waals surface area contributed by atoms with E-state index < -0.39 is 0 Å². The van der Waals surface area contributed by atoms with Crippen molar-refractivity contribution in [2.75, 3.05) is 6.54 Å². The van der Waals surface area contributed by atoms with Gasteiger partial charge in [-0.2, -0.15) is 5.10 Å². The van der Waals surface area contributed by atoms with Gasteiger partial charge >= 0.3 is 0 Å².